The predicted molar refractivity (Wildman–Crippen MR) is 41.8 cm³/mol. The average Bonchev–Trinajstić information content (AvgIpc) is 1.99. The number of rotatable bonds is 0. The van der Waals surface area contributed by atoms with Gasteiger partial charge in [0, 0.05) is 53.6 Å². The minimum absolute atomic E-state index is 0. The van der Waals surface area contributed by atoms with Crippen molar-refractivity contribution >= 4 is 0 Å². The van der Waals surface area contributed by atoms with Gasteiger partial charge in [-0.1, -0.05) is 0 Å². The van der Waals surface area contributed by atoms with Gasteiger partial charge in [0.2, 0.25) is 0 Å². The average molecular weight is 247 g/mol. The van der Waals surface area contributed by atoms with Gasteiger partial charge < -0.3 is 20.4 Å². The van der Waals surface area contributed by atoms with Gasteiger partial charge in [-0.2, -0.15) is 0 Å². The molecule has 0 saturated carbocycles. The monoisotopic (exact) mass is 246 g/mol. The molecule has 4 nitrogen and oxygen atoms in total. The van der Waals surface area contributed by atoms with E-state index in [-0.39, 0.29) is 39.4 Å². The largest absolute Gasteiger partial charge is 0.400 e. The maximum absolute atomic E-state index is 7.57. The number of aliphatic hydroxyl groups excluding tert-OH is 4. The second-order valence-electron chi connectivity index (χ2n) is 0.632. The van der Waals surface area contributed by atoms with Crippen molar-refractivity contribution in [3.05, 3.63) is 0 Å². The molecule has 0 radical (unpaired) electrons. The molecule has 0 aliphatic heterocycles. The van der Waals surface area contributed by atoms with E-state index >= 15 is 0 Å². The van der Waals surface area contributed by atoms with Gasteiger partial charge in [-0.25, -0.2) is 0 Å². The summed E-state index contributed by atoms with van der Waals surface area (Å²) in [6, 6.07) is 0. The van der Waals surface area contributed by atoms with E-state index in [0.717, 1.165) is 14.2 Å². The summed E-state index contributed by atoms with van der Waals surface area (Å²) in [5.74, 6) is 0. The molecule has 0 amide bonds. The Balaban J connectivity index is -0.0000000144. The summed E-state index contributed by atoms with van der Waals surface area (Å²) in [6.45, 7) is 3.86. The Morgan fingerprint density at radius 3 is 0.727 bits per heavy atom. The van der Waals surface area contributed by atoms with Crippen LogP contribution in [0.3, 0.4) is 0 Å². The van der Waals surface area contributed by atoms with Gasteiger partial charge >= 0.3 is 0 Å². The Hall–Kier alpha value is 0.723. The van der Waals surface area contributed by atoms with Gasteiger partial charge in [0.05, 0.1) is 0 Å². The summed E-state index contributed by atoms with van der Waals surface area (Å²) in [5, 5.41) is 29.1. The van der Waals surface area contributed by atoms with Crippen molar-refractivity contribution in [2.45, 2.75) is 13.8 Å². The zero-order chi connectivity index (χ0) is 9.41. The first kappa shape index (κ1) is 29.8. The SMILES string of the molecule is CCO.CCO.CO.CO.[Zr]. The van der Waals surface area contributed by atoms with Crippen molar-refractivity contribution in [3.8, 4) is 0 Å². The molecule has 0 unspecified atom stereocenters. The molecule has 0 heterocycles. The van der Waals surface area contributed by atoms with Crippen LogP contribution >= 0.6 is 0 Å². The standard InChI is InChI=1S/2C2H6O.2CH4O.Zr/c2*1-2-3;2*1-2;/h2*3H,2H2,1H3;2*2H,1H3;. The van der Waals surface area contributed by atoms with Crippen LogP contribution in [0, 0.1) is 0 Å². The first-order valence-corrected chi connectivity index (χ1v) is 2.94. The van der Waals surface area contributed by atoms with Crippen LogP contribution in [0.4, 0.5) is 0 Å². The Morgan fingerprint density at radius 1 is 0.727 bits per heavy atom. The quantitative estimate of drug-likeness (QED) is 0.452. The Kier molecular flexibility index (Phi) is 371. The second-order valence-corrected chi connectivity index (χ2v) is 0.632. The van der Waals surface area contributed by atoms with E-state index in [9.17, 15) is 0 Å². The van der Waals surface area contributed by atoms with E-state index in [1.807, 2.05) is 0 Å². The fraction of sp³-hybridized carbons (Fsp3) is 1.00. The van der Waals surface area contributed by atoms with Crippen molar-refractivity contribution in [3.63, 3.8) is 0 Å². The first-order valence-electron chi connectivity index (χ1n) is 2.94. The molecule has 72 valence electrons. The molecular formula is C6H20O4Zr. The third kappa shape index (κ3) is 1560. The van der Waals surface area contributed by atoms with E-state index in [2.05, 4.69) is 0 Å². The van der Waals surface area contributed by atoms with Crippen LogP contribution in [0.1, 0.15) is 13.8 Å². The van der Waals surface area contributed by atoms with Crippen molar-refractivity contribution in [1.82, 2.24) is 0 Å². The fourth-order valence-corrected chi connectivity index (χ4v) is 0. The second kappa shape index (κ2) is 137. The normalized spacial score (nSPS) is 4.36. The smallest absolute Gasteiger partial charge is 0.0402 e. The van der Waals surface area contributed by atoms with Crippen LogP contribution in [0.15, 0.2) is 0 Å². The minimum Gasteiger partial charge on any atom is -0.400 e. The van der Waals surface area contributed by atoms with Crippen LogP contribution in [0.25, 0.3) is 0 Å². The zero-order valence-corrected chi connectivity index (χ0v) is 10.2. The van der Waals surface area contributed by atoms with Gasteiger partial charge in [0.1, 0.15) is 0 Å². The summed E-state index contributed by atoms with van der Waals surface area (Å²) in [5.41, 5.74) is 0. The molecule has 0 aromatic heterocycles. The van der Waals surface area contributed by atoms with Gasteiger partial charge in [0.25, 0.3) is 0 Å². The minimum atomic E-state index is 0. The Bertz CT molecular complexity index is 16.5. The predicted octanol–water partition coefficient (Wildman–Crippen LogP) is -0.788. The molecule has 0 atom stereocenters. The zero-order valence-electron chi connectivity index (χ0n) is 7.70. The molecule has 0 aromatic carbocycles. The molecular weight excluding hydrogens is 227 g/mol. The van der Waals surface area contributed by atoms with Crippen molar-refractivity contribution in [1.29, 1.82) is 0 Å². The molecule has 4 N–H and O–H groups in total. The maximum Gasteiger partial charge on any atom is 0.0402 e. The molecule has 0 aliphatic rings. The summed E-state index contributed by atoms with van der Waals surface area (Å²) in [4.78, 5) is 0. The topological polar surface area (TPSA) is 80.9 Å². The van der Waals surface area contributed by atoms with Crippen molar-refractivity contribution < 1.29 is 46.6 Å². The maximum atomic E-state index is 7.57. The van der Waals surface area contributed by atoms with Crippen molar-refractivity contribution in [2.24, 2.45) is 0 Å². The van der Waals surface area contributed by atoms with E-state index in [0.29, 0.717) is 0 Å². The van der Waals surface area contributed by atoms with Crippen LogP contribution in [0.2, 0.25) is 0 Å². The third-order valence-electron chi connectivity index (χ3n) is 0. The molecule has 5 heteroatoms. The van der Waals surface area contributed by atoms with Crippen LogP contribution in [-0.2, 0) is 26.2 Å². The molecule has 0 aliphatic carbocycles. The van der Waals surface area contributed by atoms with E-state index < -0.39 is 0 Å². The number of aliphatic hydroxyl groups is 4. The Labute approximate surface area is 88.0 Å². The van der Waals surface area contributed by atoms with Gasteiger partial charge in [-0.15, -0.1) is 0 Å². The third-order valence-corrected chi connectivity index (χ3v) is 0. The van der Waals surface area contributed by atoms with Crippen LogP contribution in [0.5, 0.6) is 0 Å². The Morgan fingerprint density at radius 2 is 0.727 bits per heavy atom. The van der Waals surface area contributed by atoms with Crippen LogP contribution < -0.4 is 0 Å². The summed E-state index contributed by atoms with van der Waals surface area (Å²) < 4.78 is 0. The van der Waals surface area contributed by atoms with E-state index in [1.54, 1.807) is 13.8 Å². The van der Waals surface area contributed by atoms with Gasteiger partial charge in [-0.05, 0) is 13.8 Å². The van der Waals surface area contributed by atoms with E-state index in [4.69, 9.17) is 20.4 Å². The van der Waals surface area contributed by atoms with Crippen molar-refractivity contribution in [2.75, 3.05) is 27.4 Å². The molecule has 11 heavy (non-hydrogen) atoms. The molecule has 0 saturated heterocycles. The molecule has 0 spiro atoms. The molecule has 0 fully saturated rings. The molecule has 0 bridgehead atoms. The van der Waals surface area contributed by atoms with Gasteiger partial charge in [-0.3, -0.25) is 0 Å². The number of hydrogen-bond acceptors (Lipinski definition) is 4. The first-order chi connectivity index (χ1) is 4.83. The fourth-order valence-electron chi connectivity index (χ4n) is 0. The molecule has 0 rings (SSSR count). The van der Waals surface area contributed by atoms with Gasteiger partial charge in [0.15, 0.2) is 0 Å². The summed E-state index contributed by atoms with van der Waals surface area (Å²) >= 11 is 0. The van der Waals surface area contributed by atoms with Crippen LogP contribution in [-0.4, -0.2) is 47.9 Å². The molecule has 0 aromatic rings. The number of hydrogen-bond donors (Lipinski definition) is 4. The van der Waals surface area contributed by atoms with E-state index in [1.165, 1.54) is 0 Å². The summed E-state index contributed by atoms with van der Waals surface area (Å²) in [7, 11) is 2.00. The summed E-state index contributed by atoms with van der Waals surface area (Å²) in [6.07, 6.45) is 0.